The number of likely N-dealkylation sites (N-methyl/N-ethyl adjacent to an activating group) is 1. The van der Waals surface area contributed by atoms with Crippen molar-refractivity contribution in [3.05, 3.63) is 34.9 Å². The molecule has 1 rings (SSSR count). The summed E-state index contributed by atoms with van der Waals surface area (Å²) < 4.78 is 0. The van der Waals surface area contributed by atoms with E-state index in [0.29, 0.717) is 17.1 Å². The second-order valence-corrected chi connectivity index (χ2v) is 5.65. The Morgan fingerprint density at radius 1 is 1.32 bits per heavy atom. The minimum absolute atomic E-state index is 0.00929. The molecule has 0 aliphatic rings. The van der Waals surface area contributed by atoms with Crippen LogP contribution in [0.5, 0.6) is 0 Å². The van der Waals surface area contributed by atoms with Gasteiger partial charge in [0.15, 0.2) is 0 Å². The summed E-state index contributed by atoms with van der Waals surface area (Å²) in [7, 11) is 0. The van der Waals surface area contributed by atoms with Crippen LogP contribution in [-0.2, 0) is 4.79 Å². The van der Waals surface area contributed by atoms with Crippen molar-refractivity contribution in [2.24, 2.45) is 5.92 Å². The van der Waals surface area contributed by atoms with Gasteiger partial charge in [0.25, 0.3) is 5.91 Å². The predicted octanol–water partition coefficient (Wildman–Crippen LogP) is 2.47. The Labute approximate surface area is 135 Å². The van der Waals surface area contributed by atoms with Crippen molar-refractivity contribution < 1.29 is 9.59 Å². The third-order valence-corrected chi connectivity index (χ3v) is 3.53. The van der Waals surface area contributed by atoms with Crippen LogP contribution in [0, 0.1) is 17.2 Å². The maximum absolute atomic E-state index is 12.5. The van der Waals surface area contributed by atoms with Crippen LogP contribution in [0.1, 0.15) is 31.1 Å². The molecule has 0 aliphatic carbocycles. The maximum atomic E-state index is 12.5. The summed E-state index contributed by atoms with van der Waals surface area (Å²) in [5.74, 6) is -0.672. The van der Waals surface area contributed by atoms with Crippen molar-refractivity contribution in [1.29, 1.82) is 5.26 Å². The zero-order valence-electron chi connectivity index (χ0n) is 13.0. The third kappa shape index (κ3) is 4.74. The Balaban J connectivity index is 2.88. The molecule has 0 bridgehead atoms. The highest BCUT2D eigenvalue weighted by Crippen LogP contribution is 2.11. The fraction of sp³-hybridized carbons (Fsp3) is 0.438. The van der Waals surface area contributed by atoms with Crippen LogP contribution in [0.4, 0.5) is 0 Å². The minimum Gasteiger partial charge on any atom is -0.340 e. The monoisotopic (exact) mass is 321 g/mol. The second kappa shape index (κ2) is 8.40. The number of rotatable bonds is 6. The normalized spacial score (nSPS) is 11.6. The number of amides is 2. The molecule has 6 heteroatoms. The number of nitriles is 1. The lowest BCUT2D eigenvalue weighted by Crippen LogP contribution is -2.51. The molecule has 118 valence electrons. The zero-order chi connectivity index (χ0) is 16.7. The van der Waals surface area contributed by atoms with E-state index >= 15 is 0 Å². The van der Waals surface area contributed by atoms with Crippen LogP contribution in [-0.4, -0.2) is 35.8 Å². The van der Waals surface area contributed by atoms with Gasteiger partial charge in [-0.25, -0.2) is 0 Å². The van der Waals surface area contributed by atoms with Gasteiger partial charge in [-0.2, -0.15) is 5.26 Å². The van der Waals surface area contributed by atoms with E-state index in [2.05, 4.69) is 5.32 Å². The summed E-state index contributed by atoms with van der Waals surface area (Å²) in [6, 6.07) is 7.74. The lowest BCUT2D eigenvalue weighted by molar-refractivity contribution is -0.133. The van der Waals surface area contributed by atoms with Crippen molar-refractivity contribution in [2.75, 3.05) is 13.1 Å². The molecule has 1 N–H and O–H groups in total. The molecule has 0 aliphatic heterocycles. The van der Waals surface area contributed by atoms with Gasteiger partial charge in [-0.1, -0.05) is 25.4 Å². The molecule has 0 radical (unpaired) electrons. The van der Waals surface area contributed by atoms with Crippen LogP contribution < -0.4 is 5.32 Å². The highest BCUT2D eigenvalue weighted by molar-refractivity contribution is 6.30. The number of nitrogens with one attached hydrogen (secondary N) is 1. The van der Waals surface area contributed by atoms with E-state index in [1.165, 1.54) is 4.90 Å². The largest absolute Gasteiger partial charge is 0.340 e. The summed E-state index contributed by atoms with van der Waals surface area (Å²) >= 11 is 5.79. The first-order chi connectivity index (χ1) is 10.4. The molecule has 1 atom stereocenters. The van der Waals surface area contributed by atoms with Crippen LogP contribution in [0.15, 0.2) is 24.3 Å². The van der Waals surface area contributed by atoms with Crippen molar-refractivity contribution in [2.45, 2.75) is 26.8 Å². The summed E-state index contributed by atoms with van der Waals surface area (Å²) in [4.78, 5) is 26.1. The average molecular weight is 322 g/mol. The van der Waals surface area contributed by atoms with E-state index in [9.17, 15) is 9.59 Å². The summed E-state index contributed by atoms with van der Waals surface area (Å²) in [5, 5.41) is 12.1. The molecular formula is C16H20ClN3O2. The van der Waals surface area contributed by atoms with E-state index in [-0.39, 0.29) is 24.3 Å². The Kier molecular flexibility index (Phi) is 6.87. The standard InChI is InChI=1S/C16H20ClN3O2/c1-4-20(10-9-18)16(22)14(11(2)3)19-15(21)12-5-7-13(17)8-6-12/h5-8,11,14H,4,10H2,1-3H3,(H,19,21). The molecule has 0 saturated heterocycles. The fourth-order valence-corrected chi connectivity index (χ4v) is 2.09. The van der Waals surface area contributed by atoms with Gasteiger partial charge in [0.1, 0.15) is 12.6 Å². The van der Waals surface area contributed by atoms with Crippen LogP contribution in [0.3, 0.4) is 0 Å². The number of hydrogen-bond acceptors (Lipinski definition) is 3. The molecule has 0 spiro atoms. The van der Waals surface area contributed by atoms with Crippen molar-refractivity contribution in [3.8, 4) is 6.07 Å². The second-order valence-electron chi connectivity index (χ2n) is 5.21. The molecule has 5 nitrogen and oxygen atoms in total. The van der Waals surface area contributed by atoms with Gasteiger partial charge < -0.3 is 10.2 Å². The number of benzene rings is 1. The first kappa shape index (κ1) is 18.0. The molecule has 1 aromatic carbocycles. The SMILES string of the molecule is CCN(CC#N)C(=O)C(NC(=O)c1ccc(Cl)cc1)C(C)C. The average Bonchev–Trinajstić information content (AvgIpc) is 2.49. The summed E-state index contributed by atoms with van der Waals surface area (Å²) in [6.45, 7) is 5.94. The van der Waals surface area contributed by atoms with Gasteiger partial charge in [0.2, 0.25) is 5.91 Å². The highest BCUT2D eigenvalue weighted by atomic mass is 35.5. The highest BCUT2D eigenvalue weighted by Gasteiger charge is 2.28. The smallest absolute Gasteiger partial charge is 0.251 e. The van der Waals surface area contributed by atoms with Crippen molar-refractivity contribution in [1.82, 2.24) is 10.2 Å². The summed E-state index contributed by atoms with van der Waals surface area (Å²) in [6.07, 6.45) is 0. The molecule has 0 heterocycles. The van der Waals surface area contributed by atoms with Gasteiger partial charge in [-0.05, 0) is 37.1 Å². The molecule has 22 heavy (non-hydrogen) atoms. The number of carbonyl (C=O) groups is 2. The molecule has 2 amide bonds. The Hall–Kier alpha value is -2.06. The van der Waals surface area contributed by atoms with E-state index < -0.39 is 6.04 Å². The van der Waals surface area contributed by atoms with Gasteiger partial charge >= 0.3 is 0 Å². The fourth-order valence-electron chi connectivity index (χ4n) is 1.97. The Bertz CT molecular complexity index is 564. The van der Waals surface area contributed by atoms with Crippen molar-refractivity contribution >= 4 is 23.4 Å². The topological polar surface area (TPSA) is 73.2 Å². The lowest BCUT2D eigenvalue weighted by Gasteiger charge is -2.27. The van der Waals surface area contributed by atoms with Crippen LogP contribution in [0.25, 0.3) is 0 Å². The van der Waals surface area contributed by atoms with E-state index in [1.54, 1.807) is 31.2 Å². The third-order valence-electron chi connectivity index (χ3n) is 3.28. The van der Waals surface area contributed by atoms with E-state index in [0.717, 1.165) is 0 Å². The van der Waals surface area contributed by atoms with Crippen molar-refractivity contribution in [3.63, 3.8) is 0 Å². The predicted molar refractivity (Wildman–Crippen MR) is 85.4 cm³/mol. The maximum Gasteiger partial charge on any atom is 0.251 e. The number of halogens is 1. The molecule has 1 unspecified atom stereocenters. The lowest BCUT2D eigenvalue weighted by atomic mass is 10.0. The molecule has 0 saturated carbocycles. The minimum atomic E-state index is -0.670. The van der Waals surface area contributed by atoms with Crippen LogP contribution in [0.2, 0.25) is 5.02 Å². The first-order valence-corrected chi connectivity index (χ1v) is 7.50. The Morgan fingerprint density at radius 3 is 2.36 bits per heavy atom. The van der Waals surface area contributed by atoms with E-state index in [4.69, 9.17) is 16.9 Å². The first-order valence-electron chi connectivity index (χ1n) is 7.12. The molecule has 0 aromatic heterocycles. The van der Waals surface area contributed by atoms with Gasteiger partial charge in [-0.3, -0.25) is 9.59 Å². The number of nitrogens with zero attached hydrogens (tertiary/aromatic N) is 2. The van der Waals surface area contributed by atoms with Gasteiger partial charge in [0.05, 0.1) is 6.07 Å². The number of hydrogen-bond donors (Lipinski definition) is 1. The molecule has 1 aromatic rings. The molecule has 0 fully saturated rings. The molecular weight excluding hydrogens is 302 g/mol. The number of carbonyl (C=O) groups excluding carboxylic acids is 2. The van der Waals surface area contributed by atoms with Gasteiger partial charge in [0, 0.05) is 17.1 Å². The van der Waals surface area contributed by atoms with E-state index in [1.807, 2.05) is 19.9 Å². The summed E-state index contributed by atoms with van der Waals surface area (Å²) in [5.41, 5.74) is 0.436. The van der Waals surface area contributed by atoms with Gasteiger partial charge in [-0.15, -0.1) is 0 Å². The quantitative estimate of drug-likeness (QED) is 0.818. The van der Waals surface area contributed by atoms with Crippen LogP contribution >= 0.6 is 11.6 Å². The zero-order valence-corrected chi connectivity index (χ0v) is 13.7. The Morgan fingerprint density at radius 2 is 1.91 bits per heavy atom.